The molecule has 0 fully saturated rings. The summed E-state index contributed by atoms with van der Waals surface area (Å²) in [6.45, 7) is 4.51. The molecule has 1 amide bonds. The van der Waals surface area contributed by atoms with Crippen molar-refractivity contribution in [1.82, 2.24) is 0 Å². The molecular weight excluding hydrogens is 268 g/mol. The Bertz CT molecular complexity index is 552. The monoisotopic (exact) mass is 290 g/mol. The molecule has 0 saturated carbocycles. The summed E-state index contributed by atoms with van der Waals surface area (Å²) in [6, 6.07) is 7.24. The van der Waals surface area contributed by atoms with Gasteiger partial charge in [0.2, 0.25) is 5.91 Å². The molecule has 2 unspecified atom stereocenters. The van der Waals surface area contributed by atoms with E-state index < -0.39 is 17.3 Å². The van der Waals surface area contributed by atoms with Crippen molar-refractivity contribution in [3.63, 3.8) is 0 Å². The lowest BCUT2D eigenvalue weighted by Gasteiger charge is -2.38. The standard InChI is InChI=1S/C16H22N2O3/c1-3-16(2,10-17)15(21)18-9-8-12(14(19)20)11-6-4-5-7-13(11)18/h4-7,12H,3,8-10,17H2,1-2H3,(H,19,20). The highest BCUT2D eigenvalue weighted by Crippen LogP contribution is 2.37. The van der Waals surface area contributed by atoms with Crippen LogP contribution in [-0.2, 0) is 9.59 Å². The summed E-state index contributed by atoms with van der Waals surface area (Å²) in [4.78, 5) is 25.9. The van der Waals surface area contributed by atoms with Gasteiger partial charge in [-0.2, -0.15) is 0 Å². The predicted molar refractivity (Wildman–Crippen MR) is 81.2 cm³/mol. The molecule has 0 radical (unpaired) electrons. The number of carboxylic acid groups (broad SMARTS) is 1. The Labute approximate surface area is 124 Å². The van der Waals surface area contributed by atoms with Crippen molar-refractivity contribution in [2.75, 3.05) is 18.0 Å². The molecule has 0 saturated heterocycles. The first kappa shape index (κ1) is 15.5. The quantitative estimate of drug-likeness (QED) is 0.888. The maximum absolute atomic E-state index is 12.8. The van der Waals surface area contributed by atoms with Gasteiger partial charge in [0.05, 0.1) is 11.3 Å². The van der Waals surface area contributed by atoms with E-state index in [9.17, 15) is 14.7 Å². The van der Waals surface area contributed by atoms with Crippen molar-refractivity contribution in [3.8, 4) is 0 Å². The zero-order chi connectivity index (χ0) is 15.6. The number of benzene rings is 1. The second-order valence-electron chi connectivity index (χ2n) is 5.81. The molecule has 1 aliphatic rings. The van der Waals surface area contributed by atoms with Crippen LogP contribution in [0.1, 0.15) is 38.2 Å². The fourth-order valence-electron chi connectivity index (χ4n) is 2.74. The minimum absolute atomic E-state index is 0.0243. The largest absolute Gasteiger partial charge is 0.481 e. The van der Waals surface area contributed by atoms with Crippen molar-refractivity contribution in [3.05, 3.63) is 29.8 Å². The lowest BCUT2D eigenvalue weighted by atomic mass is 9.83. The van der Waals surface area contributed by atoms with Gasteiger partial charge in [0, 0.05) is 18.8 Å². The molecular formula is C16H22N2O3. The number of carbonyl (C=O) groups excluding carboxylic acids is 1. The third kappa shape index (κ3) is 2.65. The van der Waals surface area contributed by atoms with Gasteiger partial charge < -0.3 is 15.7 Å². The van der Waals surface area contributed by atoms with E-state index in [1.807, 2.05) is 32.0 Å². The second kappa shape index (κ2) is 5.85. The fraction of sp³-hybridized carbons (Fsp3) is 0.500. The van der Waals surface area contributed by atoms with Crippen LogP contribution >= 0.6 is 0 Å². The third-order valence-electron chi connectivity index (χ3n) is 4.53. The van der Waals surface area contributed by atoms with Crippen LogP contribution in [0.4, 0.5) is 5.69 Å². The summed E-state index contributed by atoms with van der Waals surface area (Å²) in [5, 5.41) is 9.34. The highest BCUT2D eigenvalue weighted by Gasteiger charge is 2.39. The van der Waals surface area contributed by atoms with Gasteiger partial charge in [0.25, 0.3) is 0 Å². The summed E-state index contributed by atoms with van der Waals surface area (Å²) in [5.74, 6) is -1.41. The van der Waals surface area contributed by atoms with Gasteiger partial charge in [-0.1, -0.05) is 25.1 Å². The van der Waals surface area contributed by atoms with Gasteiger partial charge in [-0.3, -0.25) is 9.59 Å². The number of aliphatic carboxylic acids is 1. The van der Waals surface area contributed by atoms with E-state index in [-0.39, 0.29) is 12.5 Å². The lowest BCUT2D eigenvalue weighted by molar-refractivity contribution is -0.139. The van der Waals surface area contributed by atoms with Crippen LogP contribution in [0.15, 0.2) is 24.3 Å². The number of fused-ring (bicyclic) bond motifs is 1. The zero-order valence-corrected chi connectivity index (χ0v) is 12.5. The minimum Gasteiger partial charge on any atom is -0.481 e. The van der Waals surface area contributed by atoms with Crippen molar-refractivity contribution < 1.29 is 14.7 Å². The van der Waals surface area contributed by atoms with Crippen LogP contribution in [0.25, 0.3) is 0 Å². The number of rotatable bonds is 4. The zero-order valence-electron chi connectivity index (χ0n) is 12.5. The molecule has 1 heterocycles. The van der Waals surface area contributed by atoms with Gasteiger partial charge in [0.1, 0.15) is 0 Å². The molecule has 0 spiro atoms. The summed E-state index contributed by atoms with van der Waals surface area (Å²) in [7, 11) is 0. The first-order valence-electron chi connectivity index (χ1n) is 7.28. The smallest absolute Gasteiger partial charge is 0.311 e. The molecule has 0 aliphatic carbocycles. The Morgan fingerprint density at radius 2 is 2.10 bits per heavy atom. The van der Waals surface area contributed by atoms with Crippen LogP contribution in [0, 0.1) is 5.41 Å². The molecule has 3 N–H and O–H groups in total. The number of amides is 1. The van der Waals surface area contributed by atoms with Crippen LogP contribution in [0.2, 0.25) is 0 Å². The lowest BCUT2D eigenvalue weighted by Crippen LogP contribution is -2.48. The SMILES string of the molecule is CCC(C)(CN)C(=O)N1CCC(C(=O)O)c2ccccc21. The van der Waals surface area contributed by atoms with Crippen molar-refractivity contribution in [2.24, 2.45) is 11.1 Å². The number of para-hydroxylation sites is 1. The Balaban J connectivity index is 2.42. The summed E-state index contributed by atoms with van der Waals surface area (Å²) < 4.78 is 0. The molecule has 1 aliphatic heterocycles. The molecule has 114 valence electrons. The highest BCUT2D eigenvalue weighted by molar-refractivity contribution is 5.99. The second-order valence-corrected chi connectivity index (χ2v) is 5.81. The number of carbonyl (C=O) groups is 2. The van der Waals surface area contributed by atoms with E-state index in [1.165, 1.54) is 0 Å². The van der Waals surface area contributed by atoms with Gasteiger partial charge >= 0.3 is 5.97 Å². The Morgan fingerprint density at radius 1 is 1.43 bits per heavy atom. The van der Waals surface area contributed by atoms with Crippen LogP contribution in [0.5, 0.6) is 0 Å². The Morgan fingerprint density at radius 3 is 2.67 bits per heavy atom. The highest BCUT2D eigenvalue weighted by atomic mass is 16.4. The molecule has 0 bridgehead atoms. The van der Waals surface area contributed by atoms with E-state index >= 15 is 0 Å². The molecule has 2 atom stereocenters. The van der Waals surface area contributed by atoms with E-state index in [0.717, 1.165) is 0 Å². The fourth-order valence-corrected chi connectivity index (χ4v) is 2.74. The number of nitrogens with zero attached hydrogens (tertiary/aromatic N) is 1. The molecule has 5 heteroatoms. The van der Waals surface area contributed by atoms with E-state index in [0.29, 0.717) is 30.6 Å². The number of nitrogens with two attached hydrogens (primary N) is 1. The van der Waals surface area contributed by atoms with Gasteiger partial charge in [0.15, 0.2) is 0 Å². The van der Waals surface area contributed by atoms with Crippen molar-refractivity contribution in [1.29, 1.82) is 0 Å². The maximum Gasteiger partial charge on any atom is 0.311 e. The number of hydrogen-bond donors (Lipinski definition) is 2. The first-order valence-corrected chi connectivity index (χ1v) is 7.28. The molecule has 5 nitrogen and oxygen atoms in total. The van der Waals surface area contributed by atoms with Crippen molar-refractivity contribution >= 4 is 17.6 Å². The number of hydrogen-bond acceptors (Lipinski definition) is 3. The Kier molecular flexibility index (Phi) is 4.32. The summed E-state index contributed by atoms with van der Waals surface area (Å²) in [6.07, 6.45) is 1.09. The normalized spacial score (nSPS) is 20.5. The van der Waals surface area contributed by atoms with Gasteiger partial charge in [-0.15, -0.1) is 0 Å². The summed E-state index contributed by atoms with van der Waals surface area (Å²) in [5.41, 5.74) is 6.58. The average molecular weight is 290 g/mol. The molecule has 1 aromatic rings. The van der Waals surface area contributed by atoms with E-state index in [2.05, 4.69) is 0 Å². The first-order chi connectivity index (χ1) is 9.94. The molecule has 1 aromatic carbocycles. The Hall–Kier alpha value is -1.88. The number of anilines is 1. The van der Waals surface area contributed by atoms with Gasteiger partial charge in [-0.25, -0.2) is 0 Å². The molecule has 2 rings (SSSR count). The third-order valence-corrected chi connectivity index (χ3v) is 4.53. The summed E-state index contributed by atoms with van der Waals surface area (Å²) >= 11 is 0. The molecule has 0 aromatic heterocycles. The maximum atomic E-state index is 12.8. The van der Waals surface area contributed by atoms with Crippen LogP contribution in [0.3, 0.4) is 0 Å². The minimum atomic E-state index is -0.841. The van der Waals surface area contributed by atoms with E-state index in [1.54, 1.807) is 11.0 Å². The number of carboxylic acids is 1. The van der Waals surface area contributed by atoms with E-state index in [4.69, 9.17) is 5.73 Å². The average Bonchev–Trinajstić information content (AvgIpc) is 2.52. The topological polar surface area (TPSA) is 83.6 Å². The van der Waals surface area contributed by atoms with Crippen LogP contribution < -0.4 is 10.6 Å². The molecule has 21 heavy (non-hydrogen) atoms. The van der Waals surface area contributed by atoms with Crippen LogP contribution in [-0.4, -0.2) is 30.1 Å². The van der Waals surface area contributed by atoms with Crippen molar-refractivity contribution in [2.45, 2.75) is 32.6 Å². The van der Waals surface area contributed by atoms with Gasteiger partial charge in [-0.05, 0) is 31.4 Å². The predicted octanol–water partition coefficient (Wildman–Crippen LogP) is 1.97.